The summed E-state index contributed by atoms with van der Waals surface area (Å²) in [6.45, 7) is -0.230. The number of phenols is 2. The molecule has 5 atom stereocenters. The summed E-state index contributed by atoms with van der Waals surface area (Å²) in [5, 5.41) is 60.8. The van der Waals surface area contributed by atoms with Crippen molar-refractivity contribution in [1.29, 1.82) is 0 Å². The zero-order chi connectivity index (χ0) is 30.1. The third-order valence-electron chi connectivity index (χ3n) is 6.64. The summed E-state index contributed by atoms with van der Waals surface area (Å²) in [6.07, 6.45) is -9.67. The van der Waals surface area contributed by atoms with Crippen molar-refractivity contribution in [2.45, 2.75) is 37.3 Å². The lowest BCUT2D eigenvalue weighted by Gasteiger charge is -2.38. The summed E-state index contributed by atoms with van der Waals surface area (Å²) in [6, 6.07) is 15.0. The first-order valence-corrected chi connectivity index (χ1v) is 12.6. The van der Waals surface area contributed by atoms with E-state index in [2.05, 4.69) is 0 Å². The Balaban J connectivity index is 1.60. The number of fused-ring (bicyclic) bond motifs is 1. The molecule has 1 aliphatic heterocycles. The van der Waals surface area contributed by atoms with Crippen LogP contribution in [-0.2, 0) is 16.1 Å². The SMILES string of the molecule is COc1ccc(-c2cc(=O)c3c(O)c(OCc4cccc(O)c4)c(O[C@H]4O[C@H](C(=O)O)[C@@H](O)[C@@H](O)[C@H]4O)cc3o2)cc1. The topological polar surface area (TPSA) is 206 Å². The Morgan fingerprint density at radius 2 is 1.69 bits per heavy atom. The van der Waals surface area contributed by atoms with Gasteiger partial charge in [-0.1, -0.05) is 12.1 Å². The highest BCUT2D eigenvalue weighted by atomic mass is 16.7. The third-order valence-corrected chi connectivity index (χ3v) is 6.64. The van der Waals surface area contributed by atoms with Crippen molar-refractivity contribution in [3.8, 4) is 40.1 Å². The van der Waals surface area contributed by atoms with Gasteiger partial charge in [-0.2, -0.15) is 0 Å². The molecule has 0 unspecified atom stereocenters. The molecule has 1 saturated heterocycles. The molecular formula is C29H26O13. The molecule has 6 N–H and O–H groups in total. The Labute approximate surface area is 236 Å². The van der Waals surface area contributed by atoms with Gasteiger partial charge < -0.3 is 54.0 Å². The van der Waals surface area contributed by atoms with Gasteiger partial charge in [0.25, 0.3) is 0 Å². The number of carbonyl (C=O) groups is 1. The Kier molecular flexibility index (Phi) is 7.91. The van der Waals surface area contributed by atoms with Gasteiger partial charge in [0.1, 0.15) is 53.1 Å². The van der Waals surface area contributed by atoms with Crippen molar-refractivity contribution in [1.82, 2.24) is 0 Å². The molecule has 2 heterocycles. The van der Waals surface area contributed by atoms with E-state index in [9.17, 15) is 40.2 Å². The van der Waals surface area contributed by atoms with Crippen LogP contribution >= 0.6 is 0 Å². The molecule has 1 aromatic heterocycles. The summed E-state index contributed by atoms with van der Waals surface area (Å²) in [4.78, 5) is 24.7. The van der Waals surface area contributed by atoms with Crippen LogP contribution in [0, 0.1) is 0 Å². The molecule has 220 valence electrons. The van der Waals surface area contributed by atoms with E-state index in [0.29, 0.717) is 16.9 Å². The number of ether oxygens (including phenoxy) is 4. The molecule has 0 aliphatic carbocycles. The molecule has 0 radical (unpaired) electrons. The van der Waals surface area contributed by atoms with Gasteiger partial charge in [-0.3, -0.25) is 4.79 Å². The molecular weight excluding hydrogens is 556 g/mol. The van der Waals surface area contributed by atoms with Crippen molar-refractivity contribution < 1.29 is 58.8 Å². The quantitative estimate of drug-likeness (QED) is 0.175. The molecule has 1 aliphatic rings. The normalized spacial score (nSPS) is 22.0. The highest BCUT2D eigenvalue weighted by Crippen LogP contribution is 2.44. The molecule has 42 heavy (non-hydrogen) atoms. The zero-order valence-corrected chi connectivity index (χ0v) is 21.9. The minimum Gasteiger partial charge on any atom is -0.508 e. The third kappa shape index (κ3) is 5.53. The molecule has 13 heteroatoms. The Bertz CT molecular complexity index is 1660. The van der Waals surface area contributed by atoms with E-state index >= 15 is 0 Å². The maximum absolute atomic E-state index is 13.2. The van der Waals surface area contributed by atoms with Gasteiger partial charge >= 0.3 is 5.97 Å². The number of aliphatic hydroxyl groups is 3. The maximum Gasteiger partial charge on any atom is 0.335 e. The minimum atomic E-state index is -1.96. The second-order valence-corrected chi connectivity index (χ2v) is 9.44. The number of hydrogen-bond donors (Lipinski definition) is 6. The first-order valence-electron chi connectivity index (χ1n) is 12.6. The number of carboxylic acids is 1. The van der Waals surface area contributed by atoms with Crippen LogP contribution in [0.15, 0.2) is 69.9 Å². The lowest BCUT2D eigenvalue weighted by atomic mass is 9.99. The summed E-state index contributed by atoms with van der Waals surface area (Å²) in [7, 11) is 1.50. The number of methoxy groups -OCH3 is 1. The highest BCUT2D eigenvalue weighted by molar-refractivity contribution is 5.89. The lowest BCUT2D eigenvalue weighted by molar-refractivity contribution is -0.271. The number of phenolic OH excluding ortho intramolecular Hbond substituents is 2. The van der Waals surface area contributed by atoms with Crippen LogP contribution in [0.3, 0.4) is 0 Å². The van der Waals surface area contributed by atoms with Gasteiger partial charge in [-0.05, 0) is 42.0 Å². The zero-order valence-electron chi connectivity index (χ0n) is 21.9. The Hall–Kier alpha value is -4.82. The largest absolute Gasteiger partial charge is 0.508 e. The smallest absolute Gasteiger partial charge is 0.335 e. The van der Waals surface area contributed by atoms with E-state index in [1.54, 1.807) is 36.4 Å². The van der Waals surface area contributed by atoms with Crippen molar-refractivity contribution >= 4 is 16.9 Å². The van der Waals surface area contributed by atoms with Crippen LogP contribution in [0.4, 0.5) is 0 Å². The number of aliphatic carboxylic acids is 1. The van der Waals surface area contributed by atoms with Gasteiger partial charge in [0, 0.05) is 17.7 Å². The standard InChI is InChI=1S/C29H26O13/c1-38-16-7-5-14(6-8-16)18-10-17(31)21-19(40-18)11-20(26(22(21)32)39-12-13-3-2-4-15(30)9-13)41-29-25(35)23(33)24(34)27(42-29)28(36)37/h2-11,23-25,27,29-30,32-35H,12H2,1H3,(H,36,37)/t23-,24+,25-,27+,29+/m1/s1. The van der Waals surface area contributed by atoms with Crippen LogP contribution in [0.25, 0.3) is 22.3 Å². The Morgan fingerprint density at radius 3 is 2.36 bits per heavy atom. The van der Waals surface area contributed by atoms with Crippen molar-refractivity contribution in [3.63, 3.8) is 0 Å². The Morgan fingerprint density at radius 1 is 0.952 bits per heavy atom. The van der Waals surface area contributed by atoms with E-state index < -0.39 is 53.6 Å². The second-order valence-electron chi connectivity index (χ2n) is 9.44. The number of rotatable bonds is 8. The number of carboxylic acid groups (broad SMARTS) is 1. The average molecular weight is 583 g/mol. The van der Waals surface area contributed by atoms with Crippen LogP contribution in [0.5, 0.6) is 28.7 Å². The molecule has 1 fully saturated rings. The fourth-order valence-corrected chi connectivity index (χ4v) is 4.46. The molecule has 13 nitrogen and oxygen atoms in total. The lowest BCUT2D eigenvalue weighted by Crippen LogP contribution is -2.61. The van der Waals surface area contributed by atoms with E-state index in [1.807, 2.05) is 0 Å². The van der Waals surface area contributed by atoms with Crippen molar-refractivity contribution in [2.75, 3.05) is 7.11 Å². The van der Waals surface area contributed by atoms with Gasteiger partial charge in [-0.15, -0.1) is 0 Å². The van der Waals surface area contributed by atoms with Crippen molar-refractivity contribution in [3.05, 3.63) is 76.5 Å². The minimum absolute atomic E-state index is 0.0481. The first-order chi connectivity index (χ1) is 20.1. The van der Waals surface area contributed by atoms with Crippen LogP contribution in [0.2, 0.25) is 0 Å². The van der Waals surface area contributed by atoms with E-state index in [1.165, 1.54) is 31.4 Å². The molecule has 4 aromatic rings. The number of aromatic hydroxyl groups is 2. The first kappa shape index (κ1) is 28.7. The van der Waals surface area contributed by atoms with Crippen molar-refractivity contribution in [2.24, 2.45) is 0 Å². The molecule has 0 bridgehead atoms. The number of benzene rings is 3. The molecule has 0 amide bonds. The van der Waals surface area contributed by atoms with Crippen LogP contribution in [0.1, 0.15) is 5.56 Å². The number of hydrogen-bond acceptors (Lipinski definition) is 12. The molecule has 5 rings (SSSR count). The van der Waals surface area contributed by atoms with Crippen LogP contribution < -0.4 is 19.6 Å². The van der Waals surface area contributed by atoms with E-state index in [4.69, 9.17) is 23.4 Å². The fourth-order valence-electron chi connectivity index (χ4n) is 4.46. The maximum atomic E-state index is 13.2. The molecule has 3 aromatic carbocycles. The van der Waals surface area contributed by atoms with Gasteiger partial charge in [0.05, 0.1) is 7.11 Å². The fraction of sp³-hybridized carbons (Fsp3) is 0.241. The number of aliphatic hydroxyl groups excluding tert-OH is 3. The summed E-state index contributed by atoms with van der Waals surface area (Å²) in [5.74, 6) is -2.43. The predicted molar refractivity (Wildman–Crippen MR) is 144 cm³/mol. The summed E-state index contributed by atoms with van der Waals surface area (Å²) >= 11 is 0. The van der Waals surface area contributed by atoms with Gasteiger partial charge in [0.2, 0.25) is 12.0 Å². The highest BCUT2D eigenvalue weighted by Gasteiger charge is 2.48. The summed E-state index contributed by atoms with van der Waals surface area (Å²) in [5.41, 5.74) is 0.187. The average Bonchev–Trinajstić information content (AvgIpc) is 2.96. The molecule has 0 saturated carbocycles. The monoisotopic (exact) mass is 582 g/mol. The predicted octanol–water partition coefficient (Wildman–Crippen LogP) is 1.73. The summed E-state index contributed by atoms with van der Waals surface area (Å²) < 4.78 is 27.7. The van der Waals surface area contributed by atoms with Gasteiger partial charge in [-0.25, -0.2) is 4.79 Å². The van der Waals surface area contributed by atoms with E-state index in [0.717, 1.165) is 0 Å². The van der Waals surface area contributed by atoms with Gasteiger partial charge in [0.15, 0.2) is 23.0 Å². The van der Waals surface area contributed by atoms with Crippen LogP contribution in [-0.4, -0.2) is 74.4 Å². The second kappa shape index (κ2) is 11.6. The van der Waals surface area contributed by atoms with E-state index in [-0.39, 0.29) is 34.8 Å². The molecule has 0 spiro atoms.